The third-order valence-corrected chi connectivity index (χ3v) is 4.30. The molecule has 1 aromatic rings. The Balaban J connectivity index is 3.04. The van der Waals surface area contributed by atoms with Gasteiger partial charge in [-0.1, -0.05) is 13.0 Å². The molecule has 0 atom stereocenters. The molecule has 0 aliphatic rings. The van der Waals surface area contributed by atoms with Crippen molar-refractivity contribution in [1.82, 2.24) is 9.71 Å². The van der Waals surface area contributed by atoms with E-state index >= 15 is 0 Å². The van der Waals surface area contributed by atoms with Gasteiger partial charge in [-0.15, -0.1) is 0 Å². The molecular weight excluding hydrogens is 292 g/mol. The van der Waals surface area contributed by atoms with Crippen molar-refractivity contribution in [3.8, 4) is 0 Å². The largest absolute Gasteiger partial charge is 0.258 e. The maximum Gasteiger partial charge on any atom is 0.258 e. The highest BCUT2D eigenvalue weighted by Crippen LogP contribution is 2.15. The fourth-order valence-electron chi connectivity index (χ4n) is 1.03. The van der Waals surface area contributed by atoms with Gasteiger partial charge in [-0.2, -0.15) is 0 Å². The Morgan fingerprint density at radius 3 is 2.56 bits per heavy atom. The summed E-state index contributed by atoms with van der Waals surface area (Å²) in [6.07, 6.45) is 0.709. The molecule has 0 aromatic carbocycles. The fourth-order valence-corrected chi connectivity index (χ4v) is 2.94. The Labute approximate surface area is 105 Å². The SMILES string of the molecule is CCC(C)(C)NS(=O)(=O)c1cccc(Br)n1. The Hall–Kier alpha value is -0.460. The molecule has 0 bridgehead atoms. The highest BCUT2D eigenvalue weighted by molar-refractivity contribution is 9.10. The van der Waals surface area contributed by atoms with E-state index in [1.54, 1.807) is 12.1 Å². The van der Waals surface area contributed by atoms with Crippen molar-refractivity contribution in [3.05, 3.63) is 22.8 Å². The first-order valence-corrected chi connectivity index (χ1v) is 7.21. The van der Waals surface area contributed by atoms with E-state index in [1.165, 1.54) is 6.07 Å². The summed E-state index contributed by atoms with van der Waals surface area (Å²) in [7, 11) is -3.54. The second-order valence-corrected chi connectivity index (χ2v) is 6.58. The van der Waals surface area contributed by atoms with Crippen LogP contribution < -0.4 is 4.72 Å². The minimum Gasteiger partial charge on any atom is -0.228 e. The fraction of sp³-hybridized carbons (Fsp3) is 0.500. The average Bonchev–Trinajstić information content (AvgIpc) is 2.16. The van der Waals surface area contributed by atoms with Gasteiger partial charge in [-0.25, -0.2) is 18.1 Å². The number of pyridine rings is 1. The second kappa shape index (κ2) is 4.81. The smallest absolute Gasteiger partial charge is 0.228 e. The molecule has 0 aliphatic carbocycles. The predicted molar refractivity (Wildman–Crippen MR) is 66.6 cm³/mol. The van der Waals surface area contributed by atoms with Crippen LogP contribution in [0.5, 0.6) is 0 Å². The van der Waals surface area contributed by atoms with Crippen LogP contribution in [-0.2, 0) is 10.0 Å². The molecule has 0 saturated heterocycles. The number of hydrogen-bond donors (Lipinski definition) is 1. The molecule has 0 amide bonds. The van der Waals surface area contributed by atoms with Crippen LogP contribution in [0, 0.1) is 0 Å². The lowest BCUT2D eigenvalue weighted by Gasteiger charge is -2.23. The van der Waals surface area contributed by atoms with Gasteiger partial charge in [0.05, 0.1) is 0 Å². The van der Waals surface area contributed by atoms with Crippen LogP contribution >= 0.6 is 15.9 Å². The van der Waals surface area contributed by atoms with E-state index in [0.717, 1.165) is 0 Å². The van der Waals surface area contributed by atoms with Crippen molar-refractivity contribution in [3.63, 3.8) is 0 Å². The van der Waals surface area contributed by atoms with Crippen LogP contribution in [0.2, 0.25) is 0 Å². The Morgan fingerprint density at radius 1 is 1.44 bits per heavy atom. The first-order chi connectivity index (χ1) is 7.27. The van der Waals surface area contributed by atoms with Crippen LogP contribution in [0.4, 0.5) is 0 Å². The number of sulfonamides is 1. The number of nitrogens with zero attached hydrogens (tertiary/aromatic N) is 1. The van der Waals surface area contributed by atoms with Gasteiger partial charge in [0.1, 0.15) is 4.60 Å². The zero-order valence-electron chi connectivity index (χ0n) is 9.49. The van der Waals surface area contributed by atoms with Crippen molar-refractivity contribution in [2.24, 2.45) is 0 Å². The minimum absolute atomic E-state index is 0.0309. The molecule has 16 heavy (non-hydrogen) atoms. The normalized spacial score (nSPS) is 12.8. The molecule has 0 radical (unpaired) electrons. The van der Waals surface area contributed by atoms with E-state index in [2.05, 4.69) is 25.6 Å². The Kier molecular flexibility index (Phi) is 4.09. The van der Waals surface area contributed by atoms with E-state index in [1.807, 2.05) is 20.8 Å². The highest BCUT2D eigenvalue weighted by Gasteiger charge is 2.25. The van der Waals surface area contributed by atoms with Crippen molar-refractivity contribution >= 4 is 26.0 Å². The molecular formula is C10H15BrN2O2S. The van der Waals surface area contributed by atoms with Gasteiger partial charge in [0.2, 0.25) is 0 Å². The van der Waals surface area contributed by atoms with Gasteiger partial charge in [0.25, 0.3) is 10.0 Å². The zero-order chi connectivity index (χ0) is 12.4. The molecule has 6 heteroatoms. The van der Waals surface area contributed by atoms with Gasteiger partial charge in [-0.3, -0.25) is 0 Å². The summed E-state index contributed by atoms with van der Waals surface area (Å²) < 4.78 is 27.0. The summed E-state index contributed by atoms with van der Waals surface area (Å²) in [6.45, 7) is 5.60. The lowest BCUT2D eigenvalue weighted by molar-refractivity contribution is 0.438. The number of aromatic nitrogens is 1. The van der Waals surface area contributed by atoms with Gasteiger partial charge in [0.15, 0.2) is 5.03 Å². The first kappa shape index (κ1) is 13.6. The van der Waals surface area contributed by atoms with E-state index in [0.29, 0.717) is 11.0 Å². The average molecular weight is 307 g/mol. The predicted octanol–water partition coefficient (Wildman–Crippen LogP) is 2.31. The topological polar surface area (TPSA) is 59.1 Å². The molecule has 1 aromatic heterocycles. The molecule has 0 aliphatic heterocycles. The number of halogens is 1. The van der Waals surface area contributed by atoms with Crippen molar-refractivity contribution in [1.29, 1.82) is 0 Å². The van der Waals surface area contributed by atoms with Gasteiger partial charge >= 0.3 is 0 Å². The van der Waals surface area contributed by atoms with Crippen molar-refractivity contribution in [2.75, 3.05) is 0 Å². The quantitative estimate of drug-likeness (QED) is 0.868. The van der Waals surface area contributed by atoms with Crippen LogP contribution in [0.3, 0.4) is 0 Å². The summed E-state index contributed by atoms with van der Waals surface area (Å²) in [6, 6.07) is 4.80. The molecule has 90 valence electrons. The Bertz CT molecular complexity index is 471. The third kappa shape index (κ3) is 3.54. The molecule has 0 saturated carbocycles. The van der Waals surface area contributed by atoms with Crippen LogP contribution in [-0.4, -0.2) is 18.9 Å². The lowest BCUT2D eigenvalue weighted by Crippen LogP contribution is -2.42. The molecule has 0 spiro atoms. The van der Waals surface area contributed by atoms with E-state index < -0.39 is 15.6 Å². The number of rotatable bonds is 4. The van der Waals surface area contributed by atoms with E-state index in [-0.39, 0.29) is 5.03 Å². The standard InChI is InChI=1S/C10H15BrN2O2S/c1-4-10(2,3)13-16(14,15)9-7-5-6-8(11)12-9/h5-7,13H,4H2,1-3H3. The highest BCUT2D eigenvalue weighted by atomic mass is 79.9. The summed E-state index contributed by atoms with van der Waals surface area (Å²) in [5.74, 6) is 0. The molecule has 1 heterocycles. The summed E-state index contributed by atoms with van der Waals surface area (Å²) in [5.41, 5.74) is -0.469. The molecule has 4 nitrogen and oxygen atoms in total. The van der Waals surface area contributed by atoms with Gasteiger partial charge < -0.3 is 0 Å². The van der Waals surface area contributed by atoms with Crippen LogP contribution in [0.25, 0.3) is 0 Å². The van der Waals surface area contributed by atoms with Crippen molar-refractivity contribution < 1.29 is 8.42 Å². The van der Waals surface area contributed by atoms with Crippen molar-refractivity contribution in [2.45, 2.75) is 37.8 Å². The van der Waals surface area contributed by atoms with E-state index in [4.69, 9.17) is 0 Å². The lowest BCUT2D eigenvalue weighted by atomic mass is 10.0. The number of hydrogen-bond acceptors (Lipinski definition) is 3. The van der Waals surface area contributed by atoms with Gasteiger partial charge in [0, 0.05) is 5.54 Å². The zero-order valence-corrected chi connectivity index (χ0v) is 11.9. The molecule has 1 N–H and O–H groups in total. The molecule has 0 unspecified atom stereocenters. The summed E-state index contributed by atoms with van der Waals surface area (Å²) >= 11 is 3.15. The summed E-state index contributed by atoms with van der Waals surface area (Å²) in [4.78, 5) is 3.93. The number of nitrogens with one attached hydrogen (secondary N) is 1. The molecule has 1 rings (SSSR count). The molecule has 0 fully saturated rings. The Morgan fingerprint density at radius 2 is 2.06 bits per heavy atom. The van der Waals surface area contributed by atoms with Crippen LogP contribution in [0.15, 0.2) is 27.8 Å². The second-order valence-electron chi connectivity index (χ2n) is 4.14. The van der Waals surface area contributed by atoms with E-state index in [9.17, 15) is 8.42 Å². The minimum atomic E-state index is -3.54. The maximum atomic E-state index is 12.0. The third-order valence-electron chi connectivity index (χ3n) is 2.26. The summed E-state index contributed by atoms with van der Waals surface area (Å²) in [5, 5.41) is 0.0309. The maximum absolute atomic E-state index is 12.0. The monoisotopic (exact) mass is 306 g/mol. The van der Waals surface area contributed by atoms with Crippen LogP contribution in [0.1, 0.15) is 27.2 Å². The van der Waals surface area contributed by atoms with Gasteiger partial charge in [-0.05, 0) is 48.3 Å². The first-order valence-electron chi connectivity index (χ1n) is 4.93.